The lowest BCUT2D eigenvalue weighted by atomic mass is 10.3. The highest BCUT2D eigenvalue weighted by molar-refractivity contribution is 7.68. The van der Waals surface area contributed by atoms with E-state index in [-0.39, 0.29) is 0 Å². The lowest BCUT2D eigenvalue weighted by molar-refractivity contribution is 0.444. The van der Waals surface area contributed by atoms with E-state index >= 15 is 0 Å². The Morgan fingerprint density at radius 3 is 1.00 bits per heavy atom. The lowest BCUT2D eigenvalue weighted by Gasteiger charge is -2.33. The second kappa shape index (κ2) is 17.4. The summed E-state index contributed by atoms with van der Waals surface area (Å²) in [6, 6.07) is 55.5. The van der Waals surface area contributed by atoms with Crippen LogP contribution < -0.4 is 27.1 Å². The fraction of sp³-hybridized carbons (Fsp3) is 0.100. The normalized spacial score (nSPS) is 12.1. The van der Waals surface area contributed by atoms with Crippen LogP contribution in [0.2, 0.25) is 0 Å². The van der Waals surface area contributed by atoms with Crippen molar-refractivity contribution in [1.29, 1.82) is 5.16 Å². The van der Waals surface area contributed by atoms with Crippen molar-refractivity contribution >= 4 is 22.7 Å². The Hall–Kier alpha value is -5.19. The van der Waals surface area contributed by atoms with Crippen LogP contribution in [-0.4, -0.2) is 11.9 Å². The van der Waals surface area contributed by atoms with E-state index in [9.17, 15) is 5.16 Å². The summed E-state index contributed by atoms with van der Waals surface area (Å²) in [5, 5.41) is 9.88. The van der Waals surface area contributed by atoms with Crippen LogP contribution in [-0.2, 0) is 0 Å². The zero-order valence-electron chi connectivity index (χ0n) is 28.8. The van der Waals surface area contributed by atoms with Gasteiger partial charge in [0.1, 0.15) is 34.5 Å². The third-order valence-corrected chi connectivity index (χ3v) is 14.9. The molecule has 0 heterocycles. The summed E-state index contributed by atoms with van der Waals surface area (Å²) in [6.45, 7) is 3.83. The molecule has 0 aliphatic rings. The molecule has 0 aliphatic carbocycles. The molecule has 266 valence electrons. The van der Waals surface area contributed by atoms with Gasteiger partial charge in [0.2, 0.25) is 0 Å². The quantitative estimate of drug-likeness (QED) is 0.0988. The summed E-state index contributed by atoms with van der Waals surface area (Å²) in [5.74, 6) is 2.07. The largest absolute Gasteiger partial charge is 0.445 e. The monoisotopic (exact) mass is 751 g/mol. The Morgan fingerprint density at radius 1 is 0.442 bits per heavy atom. The molecule has 0 saturated carbocycles. The van der Waals surface area contributed by atoms with Gasteiger partial charge in [0, 0.05) is 0 Å². The summed E-state index contributed by atoms with van der Waals surface area (Å²) in [6.07, 6.45) is 0.403. The summed E-state index contributed by atoms with van der Waals surface area (Å²) >= 11 is 0. The van der Waals surface area contributed by atoms with E-state index in [1.165, 1.54) is 0 Å². The lowest BCUT2D eigenvalue weighted by Crippen LogP contribution is -2.16. The number of hydrogen-bond donors (Lipinski definition) is 1. The van der Waals surface area contributed by atoms with Gasteiger partial charge in [-0.3, -0.25) is 0 Å². The van der Waals surface area contributed by atoms with Gasteiger partial charge in [-0.05, 0) is 79.7 Å². The second-order valence-electron chi connectivity index (χ2n) is 11.3. The zero-order chi connectivity index (χ0) is 36.1. The van der Waals surface area contributed by atoms with Crippen LogP contribution in [0, 0.1) is 5.16 Å². The van der Waals surface area contributed by atoms with Crippen molar-refractivity contribution in [3.05, 3.63) is 182 Å². The highest BCUT2D eigenvalue weighted by Gasteiger charge is 2.42. The van der Waals surface area contributed by atoms with Crippen molar-refractivity contribution in [3.63, 3.8) is 0 Å². The summed E-state index contributed by atoms with van der Waals surface area (Å²) < 4.78 is 50.6. The average molecular weight is 752 g/mol. The van der Waals surface area contributed by atoms with Crippen molar-refractivity contribution in [2.24, 2.45) is 9.26 Å². The Balaban J connectivity index is 1.61. The van der Waals surface area contributed by atoms with Crippen LogP contribution in [0.5, 0.6) is 34.5 Å². The molecule has 0 radical (unpaired) electrons. The SMILES string of the molecule is CCP(=NC(C)P(=NP(=N)(Oc1ccccc1)Oc1ccccc1)(Oc1ccccc1)Oc1ccccc1)(Oc1ccccc1)Oc1ccccc1. The number of para-hydroxylation sites is 6. The highest BCUT2D eigenvalue weighted by Crippen LogP contribution is 2.68. The first-order valence-electron chi connectivity index (χ1n) is 16.7. The van der Waals surface area contributed by atoms with Gasteiger partial charge in [-0.15, -0.1) is 4.52 Å². The van der Waals surface area contributed by atoms with E-state index in [1.54, 1.807) is 24.3 Å². The molecule has 1 unspecified atom stereocenters. The van der Waals surface area contributed by atoms with E-state index in [2.05, 4.69) is 0 Å². The Labute approximate surface area is 305 Å². The van der Waals surface area contributed by atoms with E-state index in [0.717, 1.165) is 0 Å². The molecule has 0 saturated heterocycles. The second-order valence-corrected chi connectivity index (χ2v) is 18.2. The molecule has 9 nitrogen and oxygen atoms in total. The first-order valence-corrected chi connectivity index (χ1v) is 21.7. The minimum absolute atomic E-state index is 0.403. The minimum Gasteiger partial charge on any atom is -0.430 e. The minimum atomic E-state index is -4.02. The average Bonchev–Trinajstić information content (AvgIpc) is 3.17. The Bertz CT molecular complexity index is 2010. The molecule has 12 heteroatoms. The molecule has 6 aromatic rings. The van der Waals surface area contributed by atoms with E-state index in [0.29, 0.717) is 40.7 Å². The van der Waals surface area contributed by atoms with E-state index in [1.807, 2.05) is 172 Å². The molecule has 0 amide bonds. The fourth-order valence-electron chi connectivity index (χ4n) is 4.90. The number of nitrogens with one attached hydrogen (secondary N) is 1. The molecular formula is C40H40N3O6P3. The molecule has 0 aliphatic heterocycles. The van der Waals surface area contributed by atoms with Gasteiger partial charge < -0.3 is 27.1 Å². The fourth-order valence-corrected chi connectivity index (χ4v) is 12.4. The topological polar surface area (TPSA) is 104 Å². The third kappa shape index (κ3) is 9.98. The van der Waals surface area contributed by atoms with Crippen molar-refractivity contribution in [2.45, 2.75) is 19.6 Å². The van der Waals surface area contributed by atoms with Gasteiger partial charge >= 0.3 is 22.7 Å². The molecule has 6 aromatic carbocycles. The number of rotatable bonds is 16. The van der Waals surface area contributed by atoms with Crippen LogP contribution in [0.1, 0.15) is 13.8 Å². The van der Waals surface area contributed by atoms with Crippen LogP contribution >= 0.6 is 22.7 Å². The molecule has 1 N–H and O–H groups in total. The van der Waals surface area contributed by atoms with E-state index in [4.69, 9.17) is 36.4 Å². The Kier molecular flexibility index (Phi) is 12.2. The van der Waals surface area contributed by atoms with Crippen molar-refractivity contribution in [3.8, 4) is 34.5 Å². The molecular weight excluding hydrogens is 711 g/mol. The predicted molar refractivity (Wildman–Crippen MR) is 211 cm³/mol. The standard InChI is InChI=1S/C40H40N3O6P3/c1-3-50(44-35-22-10-4-11-23-35,45-36-24-12-5-13-25-36)42-34(2)51(46-37-26-14-6-15-27-37,47-38-28-16-7-17-29-38)43-52(41,48-39-30-18-8-19-31-39)49-40-32-20-9-21-33-40/h4-34,41H,3H2,1-2H3. The molecule has 1 atom stereocenters. The maximum absolute atomic E-state index is 9.88. The van der Waals surface area contributed by atoms with Crippen LogP contribution in [0.25, 0.3) is 0 Å². The van der Waals surface area contributed by atoms with Crippen molar-refractivity contribution in [2.75, 3.05) is 6.16 Å². The predicted octanol–water partition coefficient (Wildman–Crippen LogP) is 13.4. The zero-order valence-corrected chi connectivity index (χ0v) is 31.5. The molecule has 0 fully saturated rings. The highest BCUT2D eigenvalue weighted by atomic mass is 31.2. The molecule has 0 spiro atoms. The van der Waals surface area contributed by atoms with Gasteiger partial charge in [-0.25, -0.2) is 9.91 Å². The molecule has 6 rings (SSSR count). The first-order chi connectivity index (χ1) is 25.4. The Morgan fingerprint density at radius 2 is 0.712 bits per heavy atom. The summed E-state index contributed by atoms with van der Waals surface area (Å²) in [7, 11) is -11.0. The van der Waals surface area contributed by atoms with Gasteiger partial charge in [0.05, 0.1) is 6.16 Å². The third-order valence-electron chi connectivity index (χ3n) is 7.34. The molecule has 0 bridgehead atoms. The van der Waals surface area contributed by atoms with Crippen LogP contribution in [0.3, 0.4) is 0 Å². The van der Waals surface area contributed by atoms with Gasteiger partial charge in [0.15, 0.2) is 5.78 Å². The van der Waals surface area contributed by atoms with Gasteiger partial charge in [-0.1, -0.05) is 116 Å². The number of benzene rings is 6. The number of nitrogens with zero attached hydrogens (tertiary/aromatic N) is 2. The summed E-state index contributed by atoms with van der Waals surface area (Å²) in [4.78, 5) is 0. The van der Waals surface area contributed by atoms with Gasteiger partial charge in [-0.2, -0.15) is 0 Å². The van der Waals surface area contributed by atoms with Crippen LogP contribution in [0.15, 0.2) is 191 Å². The summed E-state index contributed by atoms with van der Waals surface area (Å²) in [5.41, 5.74) is 0. The molecule has 52 heavy (non-hydrogen) atoms. The van der Waals surface area contributed by atoms with Crippen LogP contribution in [0.4, 0.5) is 0 Å². The first kappa shape index (κ1) is 36.6. The maximum atomic E-state index is 9.88. The molecule has 0 aromatic heterocycles. The maximum Gasteiger partial charge on any atom is 0.445 e. The van der Waals surface area contributed by atoms with Crippen molar-refractivity contribution in [1.82, 2.24) is 0 Å². The van der Waals surface area contributed by atoms with Gasteiger partial charge in [0.25, 0.3) is 0 Å². The smallest absolute Gasteiger partial charge is 0.430 e. The van der Waals surface area contributed by atoms with E-state index < -0.39 is 28.5 Å². The number of hydrogen-bond acceptors (Lipinski definition) is 8. The van der Waals surface area contributed by atoms with Crippen molar-refractivity contribution < 1.29 is 27.1 Å².